The Morgan fingerprint density at radius 2 is 1.84 bits per heavy atom. The summed E-state index contributed by atoms with van der Waals surface area (Å²) in [5, 5.41) is 6.12. The summed E-state index contributed by atoms with van der Waals surface area (Å²) in [6, 6.07) is 5.38. The zero-order valence-electron chi connectivity index (χ0n) is 13.7. The number of aromatic nitrogens is 2. The summed E-state index contributed by atoms with van der Waals surface area (Å²) in [5.41, 5.74) is 0.803. The summed E-state index contributed by atoms with van der Waals surface area (Å²) in [6.07, 6.45) is 0. The highest BCUT2D eigenvalue weighted by molar-refractivity contribution is 9.10. The van der Waals surface area contributed by atoms with Crippen LogP contribution in [0, 0.1) is 0 Å². The van der Waals surface area contributed by atoms with Gasteiger partial charge >= 0.3 is 5.76 Å². The molecule has 0 bridgehead atoms. The summed E-state index contributed by atoms with van der Waals surface area (Å²) < 4.78 is 23.1. The molecule has 0 spiro atoms. The lowest BCUT2D eigenvalue weighted by molar-refractivity contribution is 0.392. The molecule has 0 N–H and O–H groups in total. The number of methoxy groups -OCH3 is 3. The van der Waals surface area contributed by atoms with Crippen LogP contribution in [0.1, 0.15) is 5.56 Å². The lowest BCUT2D eigenvalue weighted by Crippen LogP contribution is -2.16. The highest BCUT2D eigenvalue weighted by Gasteiger charge is 2.19. The zero-order chi connectivity index (χ0) is 18.0. The molecule has 0 fully saturated rings. The van der Waals surface area contributed by atoms with E-state index >= 15 is 0 Å². The third kappa shape index (κ3) is 3.57. The van der Waals surface area contributed by atoms with Crippen LogP contribution in [0.2, 0.25) is 0 Å². The molecule has 0 radical (unpaired) electrons. The zero-order valence-corrected chi connectivity index (χ0v) is 16.1. The summed E-state index contributed by atoms with van der Waals surface area (Å²) >= 11 is 4.76. The molecule has 0 atom stereocenters. The number of benzene rings is 1. The summed E-state index contributed by atoms with van der Waals surface area (Å²) in [4.78, 5) is 12.8. The number of thiophene rings is 1. The Balaban J connectivity index is 1.95. The minimum absolute atomic E-state index is 0.215. The van der Waals surface area contributed by atoms with E-state index in [0.717, 1.165) is 10.0 Å². The van der Waals surface area contributed by atoms with Gasteiger partial charge in [-0.15, -0.1) is 16.4 Å². The maximum Gasteiger partial charge on any atom is 0.437 e. The van der Waals surface area contributed by atoms with Gasteiger partial charge in [-0.05, 0) is 33.6 Å². The molecule has 0 saturated heterocycles. The summed E-state index contributed by atoms with van der Waals surface area (Å²) in [7, 11) is 4.69. The van der Waals surface area contributed by atoms with Crippen LogP contribution in [0.4, 0.5) is 0 Å². The van der Waals surface area contributed by atoms with Crippen LogP contribution in [0.15, 0.2) is 37.3 Å². The van der Waals surface area contributed by atoms with Crippen molar-refractivity contribution in [1.82, 2.24) is 9.78 Å². The van der Waals surface area contributed by atoms with Crippen LogP contribution >= 0.6 is 27.3 Å². The van der Waals surface area contributed by atoms with Gasteiger partial charge in [0.1, 0.15) is 16.4 Å². The molecule has 9 heteroatoms. The maximum atomic E-state index is 12.2. The molecule has 7 nitrogen and oxygen atoms in total. The van der Waals surface area contributed by atoms with Crippen LogP contribution in [-0.4, -0.2) is 31.1 Å². The SMILES string of the molecule is COc1cc(Cn2nc(-c3scc(Br)c3OC)oc2=O)cc(OC)c1. The third-order valence-corrected chi connectivity index (χ3v) is 5.29. The Morgan fingerprint density at radius 3 is 2.44 bits per heavy atom. The Kier molecular flexibility index (Phi) is 5.14. The Hall–Kier alpha value is -2.26. The van der Waals surface area contributed by atoms with E-state index in [1.165, 1.54) is 16.0 Å². The number of nitrogens with zero attached hydrogens (tertiary/aromatic N) is 2. The smallest absolute Gasteiger partial charge is 0.437 e. The molecule has 1 aromatic carbocycles. The first-order chi connectivity index (χ1) is 12.0. The van der Waals surface area contributed by atoms with Gasteiger partial charge < -0.3 is 18.6 Å². The fourth-order valence-electron chi connectivity index (χ4n) is 2.29. The lowest BCUT2D eigenvalue weighted by atomic mass is 10.2. The van der Waals surface area contributed by atoms with E-state index in [2.05, 4.69) is 21.0 Å². The largest absolute Gasteiger partial charge is 0.497 e. The van der Waals surface area contributed by atoms with E-state index in [-0.39, 0.29) is 12.4 Å². The van der Waals surface area contributed by atoms with Crippen LogP contribution in [0.25, 0.3) is 10.8 Å². The predicted molar refractivity (Wildman–Crippen MR) is 97.0 cm³/mol. The Labute approximate surface area is 155 Å². The monoisotopic (exact) mass is 426 g/mol. The molecule has 2 heterocycles. The molecule has 3 aromatic rings. The van der Waals surface area contributed by atoms with E-state index in [9.17, 15) is 4.79 Å². The summed E-state index contributed by atoms with van der Waals surface area (Å²) in [6.45, 7) is 0.227. The number of halogens is 1. The van der Waals surface area contributed by atoms with E-state index in [0.29, 0.717) is 22.1 Å². The van der Waals surface area contributed by atoms with Crippen molar-refractivity contribution in [2.45, 2.75) is 6.54 Å². The van der Waals surface area contributed by atoms with Crippen molar-refractivity contribution in [2.24, 2.45) is 0 Å². The fraction of sp³-hybridized carbons (Fsp3) is 0.250. The van der Waals surface area contributed by atoms with E-state index in [1.54, 1.807) is 27.4 Å². The number of hydrogen-bond donors (Lipinski definition) is 0. The molecule has 2 aromatic heterocycles. The number of hydrogen-bond acceptors (Lipinski definition) is 7. The van der Waals surface area contributed by atoms with Crippen molar-refractivity contribution in [2.75, 3.05) is 21.3 Å². The Morgan fingerprint density at radius 1 is 1.16 bits per heavy atom. The van der Waals surface area contributed by atoms with Crippen molar-refractivity contribution in [3.8, 4) is 28.0 Å². The van der Waals surface area contributed by atoms with Gasteiger partial charge in [-0.2, -0.15) is 4.68 Å². The first-order valence-electron chi connectivity index (χ1n) is 7.17. The highest BCUT2D eigenvalue weighted by Crippen LogP contribution is 2.40. The molecule has 0 unspecified atom stereocenters. The second kappa shape index (κ2) is 7.32. The topological polar surface area (TPSA) is 75.7 Å². The average molecular weight is 427 g/mol. The molecule has 0 amide bonds. The lowest BCUT2D eigenvalue weighted by Gasteiger charge is -2.07. The highest BCUT2D eigenvalue weighted by atomic mass is 79.9. The van der Waals surface area contributed by atoms with Gasteiger partial charge in [-0.3, -0.25) is 0 Å². The first kappa shape index (κ1) is 17.6. The molecular formula is C16H15BrN2O5S. The minimum Gasteiger partial charge on any atom is -0.497 e. The standard InChI is InChI=1S/C16H15BrN2O5S/c1-21-10-4-9(5-11(6-10)22-2)7-19-16(20)24-15(18-19)14-13(23-3)12(17)8-25-14/h4-6,8H,7H2,1-3H3. The van der Waals surface area contributed by atoms with Gasteiger partial charge in [0.25, 0.3) is 5.89 Å². The third-order valence-electron chi connectivity index (χ3n) is 3.45. The van der Waals surface area contributed by atoms with Crippen molar-refractivity contribution in [3.63, 3.8) is 0 Å². The van der Waals surface area contributed by atoms with Gasteiger partial charge in [0.05, 0.1) is 32.3 Å². The van der Waals surface area contributed by atoms with Crippen molar-refractivity contribution >= 4 is 27.3 Å². The van der Waals surface area contributed by atoms with Gasteiger partial charge in [0.2, 0.25) is 0 Å². The molecule has 0 aliphatic heterocycles. The molecule has 132 valence electrons. The van der Waals surface area contributed by atoms with Crippen molar-refractivity contribution in [1.29, 1.82) is 0 Å². The van der Waals surface area contributed by atoms with Gasteiger partial charge in [-0.1, -0.05) is 0 Å². The van der Waals surface area contributed by atoms with Crippen LogP contribution in [-0.2, 0) is 6.54 Å². The fourth-order valence-corrected chi connectivity index (χ4v) is 3.88. The Bertz CT molecular complexity index is 924. The predicted octanol–water partition coefficient (Wildman–Crippen LogP) is 3.40. The van der Waals surface area contributed by atoms with Gasteiger partial charge in [0, 0.05) is 11.4 Å². The number of rotatable bonds is 6. The van der Waals surface area contributed by atoms with Gasteiger partial charge in [0.15, 0.2) is 5.75 Å². The van der Waals surface area contributed by atoms with Crippen molar-refractivity contribution < 1.29 is 18.6 Å². The minimum atomic E-state index is -0.552. The maximum absolute atomic E-state index is 12.2. The second-order valence-corrected chi connectivity index (χ2v) is 6.73. The number of ether oxygens (including phenoxy) is 3. The van der Waals surface area contributed by atoms with E-state index < -0.39 is 5.76 Å². The van der Waals surface area contributed by atoms with Crippen LogP contribution in [0.3, 0.4) is 0 Å². The summed E-state index contributed by atoms with van der Waals surface area (Å²) in [5.74, 6) is 1.52. The molecule has 0 saturated carbocycles. The van der Waals surface area contributed by atoms with Crippen LogP contribution in [0.5, 0.6) is 17.2 Å². The molecule has 0 aliphatic rings. The second-order valence-electron chi connectivity index (χ2n) is 5.00. The molecular weight excluding hydrogens is 412 g/mol. The quantitative estimate of drug-likeness (QED) is 0.600. The first-order valence-corrected chi connectivity index (χ1v) is 8.84. The molecule has 25 heavy (non-hydrogen) atoms. The molecule has 3 rings (SSSR count). The van der Waals surface area contributed by atoms with E-state index in [1.807, 2.05) is 17.5 Å². The van der Waals surface area contributed by atoms with Gasteiger partial charge in [-0.25, -0.2) is 4.79 Å². The molecule has 0 aliphatic carbocycles. The van der Waals surface area contributed by atoms with Crippen LogP contribution < -0.4 is 20.0 Å². The van der Waals surface area contributed by atoms with Crippen molar-refractivity contribution in [3.05, 3.63) is 44.2 Å². The normalized spacial score (nSPS) is 10.7. The average Bonchev–Trinajstić information content (AvgIpc) is 3.16. The van der Waals surface area contributed by atoms with E-state index in [4.69, 9.17) is 18.6 Å².